The van der Waals surface area contributed by atoms with E-state index < -0.39 is 0 Å². The number of aryl methyl sites for hydroxylation is 1. The van der Waals surface area contributed by atoms with Gasteiger partial charge < -0.3 is 5.73 Å². The van der Waals surface area contributed by atoms with Crippen LogP contribution in [-0.4, -0.2) is 4.98 Å². The lowest BCUT2D eigenvalue weighted by molar-refractivity contribution is 0.834. The summed E-state index contributed by atoms with van der Waals surface area (Å²) in [5.74, 6) is 0. The number of hydrogen-bond donors (Lipinski definition) is 1. The van der Waals surface area contributed by atoms with E-state index >= 15 is 0 Å². The summed E-state index contributed by atoms with van der Waals surface area (Å²) in [5, 5.41) is 3.08. The summed E-state index contributed by atoms with van der Waals surface area (Å²) in [5.41, 5.74) is 8.14. The molecule has 2 N–H and O–H groups in total. The van der Waals surface area contributed by atoms with Gasteiger partial charge in [0, 0.05) is 5.38 Å². The molecule has 14 heavy (non-hydrogen) atoms. The van der Waals surface area contributed by atoms with Crippen LogP contribution in [0.25, 0.3) is 0 Å². The predicted molar refractivity (Wildman–Crippen MR) is 59.3 cm³/mol. The fourth-order valence-corrected chi connectivity index (χ4v) is 2.00. The minimum Gasteiger partial charge on any atom is -0.319 e. The van der Waals surface area contributed by atoms with E-state index in [0.717, 1.165) is 16.3 Å². The second-order valence-corrected chi connectivity index (χ2v) is 4.24. The van der Waals surface area contributed by atoms with Crippen LogP contribution >= 0.6 is 11.3 Å². The quantitative estimate of drug-likeness (QED) is 0.816. The van der Waals surface area contributed by atoms with Gasteiger partial charge in [0.1, 0.15) is 0 Å². The van der Waals surface area contributed by atoms with E-state index in [1.165, 1.54) is 0 Å². The fraction of sp³-hybridized carbons (Fsp3) is 0.182. The van der Waals surface area contributed by atoms with Crippen molar-refractivity contribution in [3.63, 3.8) is 0 Å². The Morgan fingerprint density at radius 1 is 1.29 bits per heavy atom. The normalized spacial score (nSPS) is 12.7. The molecular formula is C11H12N2S. The second-order valence-electron chi connectivity index (χ2n) is 3.18. The molecule has 2 aromatic rings. The number of benzene rings is 1. The van der Waals surface area contributed by atoms with Gasteiger partial charge in [-0.05, 0) is 12.5 Å². The van der Waals surface area contributed by atoms with Gasteiger partial charge in [0.25, 0.3) is 0 Å². The van der Waals surface area contributed by atoms with Crippen LogP contribution in [0.2, 0.25) is 0 Å². The van der Waals surface area contributed by atoms with E-state index in [0.29, 0.717) is 0 Å². The summed E-state index contributed by atoms with van der Waals surface area (Å²) in [7, 11) is 0. The van der Waals surface area contributed by atoms with Gasteiger partial charge in [-0.3, -0.25) is 0 Å². The minimum absolute atomic E-state index is 0.0962. The maximum Gasteiger partial charge on any atom is 0.0898 e. The maximum absolute atomic E-state index is 6.07. The Bertz CT molecular complexity index is 408. The third-order valence-electron chi connectivity index (χ3n) is 2.11. The smallest absolute Gasteiger partial charge is 0.0898 e. The van der Waals surface area contributed by atoms with Crippen molar-refractivity contribution in [2.24, 2.45) is 5.73 Å². The van der Waals surface area contributed by atoms with Crippen molar-refractivity contribution in [2.75, 3.05) is 0 Å². The molecule has 2 rings (SSSR count). The van der Waals surface area contributed by atoms with Crippen molar-refractivity contribution < 1.29 is 0 Å². The molecule has 0 bridgehead atoms. The topological polar surface area (TPSA) is 38.9 Å². The first kappa shape index (κ1) is 9.37. The van der Waals surface area contributed by atoms with Gasteiger partial charge in [-0.1, -0.05) is 30.3 Å². The molecule has 1 heterocycles. The van der Waals surface area contributed by atoms with Gasteiger partial charge in [0.05, 0.1) is 16.7 Å². The first-order chi connectivity index (χ1) is 6.77. The molecule has 72 valence electrons. The molecule has 0 fully saturated rings. The maximum atomic E-state index is 6.07. The molecule has 0 amide bonds. The largest absolute Gasteiger partial charge is 0.319 e. The third-order valence-corrected chi connectivity index (χ3v) is 2.91. The average molecular weight is 204 g/mol. The highest BCUT2D eigenvalue weighted by atomic mass is 32.1. The monoisotopic (exact) mass is 204 g/mol. The van der Waals surface area contributed by atoms with Gasteiger partial charge in [0.2, 0.25) is 0 Å². The molecule has 3 heteroatoms. The van der Waals surface area contributed by atoms with Crippen LogP contribution in [0.5, 0.6) is 0 Å². The first-order valence-electron chi connectivity index (χ1n) is 4.50. The number of aromatic nitrogens is 1. The summed E-state index contributed by atoms with van der Waals surface area (Å²) >= 11 is 1.64. The van der Waals surface area contributed by atoms with Crippen LogP contribution in [0, 0.1) is 6.92 Å². The van der Waals surface area contributed by atoms with E-state index in [1.54, 1.807) is 11.3 Å². The van der Waals surface area contributed by atoms with Crippen molar-refractivity contribution in [1.29, 1.82) is 0 Å². The van der Waals surface area contributed by atoms with Crippen molar-refractivity contribution in [3.8, 4) is 0 Å². The zero-order valence-corrected chi connectivity index (χ0v) is 8.79. The Morgan fingerprint density at radius 2 is 2.00 bits per heavy atom. The Kier molecular flexibility index (Phi) is 2.61. The molecule has 0 aliphatic rings. The molecule has 1 aromatic carbocycles. The van der Waals surface area contributed by atoms with Gasteiger partial charge in [-0.25, -0.2) is 4.98 Å². The third kappa shape index (κ3) is 1.84. The van der Waals surface area contributed by atoms with E-state index in [2.05, 4.69) is 4.98 Å². The van der Waals surface area contributed by atoms with Crippen LogP contribution in [0.4, 0.5) is 0 Å². The lowest BCUT2D eigenvalue weighted by Crippen LogP contribution is -2.11. The SMILES string of the molecule is Cc1nc(C(N)c2ccccc2)cs1. The highest BCUT2D eigenvalue weighted by Crippen LogP contribution is 2.20. The minimum atomic E-state index is -0.0962. The fourth-order valence-electron chi connectivity index (χ4n) is 1.35. The van der Waals surface area contributed by atoms with Crippen LogP contribution in [0.3, 0.4) is 0 Å². The average Bonchev–Trinajstić information content (AvgIpc) is 2.65. The van der Waals surface area contributed by atoms with Crippen molar-refractivity contribution >= 4 is 11.3 Å². The Labute approximate surface area is 87.4 Å². The standard InChI is InChI=1S/C11H12N2S/c1-8-13-10(7-14-8)11(12)9-5-3-2-4-6-9/h2-7,11H,12H2,1H3. The highest BCUT2D eigenvalue weighted by Gasteiger charge is 2.10. The van der Waals surface area contributed by atoms with Crippen LogP contribution in [-0.2, 0) is 0 Å². The lowest BCUT2D eigenvalue weighted by atomic mass is 10.1. The molecular weight excluding hydrogens is 192 g/mol. The lowest BCUT2D eigenvalue weighted by Gasteiger charge is -2.08. The molecule has 2 nitrogen and oxygen atoms in total. The van der Waals surface area contributed by atoms with Crippen LogP contribution in [0.1, 0.15) is 22.3 Å². The molecule has 0 saturated carbocycles. The predicted octanol–water partition coefficient (Wildman–Crippen LogP) is 2.50. The van der Waals surface area contributed by atoms with Crippen LogP contribution < -0.4 is 5.73 Å². The number of nitrogens with two attached hydrogens (primary N) is 1. The van der Waals surface area contributed by atoms with Gasteiger partial charge in [-0.2, -0.15) is 0 Å². The number of thiazole rings is 1. The molecule has 0 radical (unpaired) electrons. The van der Waals surface area contributed by atoms with E-state index in [1.807, 2.05) is 42.6 Å². The molecule has 1 unspecified atom stereocenters. The van der Waals surface area contributed by atoms with Crippen LogP contribution in [0.15, 0.2) is 35.7 Å². The summed E-state index contributed by atoms with van der Waals surface area (Å²) in [6.45, 7) is 1.99. The molecule has 0 spiro atoms. The summed E-state index contributed by atoms with van der Waals surface area (Å²) in [6.07, 6.45) is 0. The van der Waals surface area contributed by atoms with Crippen molar-refractivity contribution in [3.05, 3.63) is 52.0 Å². The van der Waals surface area contributed by atoms with Crippen molar-refractivity contribution in [1.82, 2.24) is 4.98 Å². The van der Waals surface area contributed by atoms with E-state index in [4.69, 9.17) is 5.73 Å². The van der Waals surface area contributed by atoms with Crippen molar-refractivity contribution in [2.45, 2.75) is 13.0 Å². The highest BCUT2D eigenvalue weighted by molar-refractivity contribution is 7.09. The van der Waals surface area contributed by atoms with Gasteiger partial charge in [-0.15, -0.1) is 11.3 Å². The summed E-state index contributed by atoms with van der Waals surface area (Å²) in [4.78, 5) is 4.38. The summed E-state index contributed by atoms with van der Waals surface area (Å²) < 4.78 is 0. The Balaban J connectivity index is 2.29. The molecule has 0 aliphatic heterocycles. The van der Waals surface area contributed by atoms with E-state index in [-0.39, 0.29) is 6.04 Å². The van der Waals surface area contributed by atoms with E-state index in [9.17, 15) is 0 Å². The summed E-state index contributed by atoms with van der Waals surface area (Å²) in [6, 6.07) is 9.94. The number of nitrogens with zero attached hydrogens (tertiary/aromatic N) is 1. The first-order valence-corrected chi connectivity index (χ1v) is 5.38. The Hall–Kier alpha value is -1.19. The van der Waals surface area contributed by atoms with Gasteiger partial charge in [0.15, 0.2) is 0 Å². The number of hydrogen-bond acceptors (Lipinski definition) is 3. The zero-order valence-electron chi connectivity index (χ0n) is 7.97. The molecule has 1 atom stereocenters. The zero-order chi connectivity index (χ0) is 9.97. The Morgan fingerprint density at radius 3 is 2.57 bits per heavy atom. The molecule has 0 saturated heterocycles. The molecule has 1 aromatic heterocycles. The number of rotatable bonds is 2. The molecule has 0 aliphatic carbocycles. The van der Waals surface area contributed by atoms with Gasteiger partial charge >= 0.3 is 0 Å². The second kappa shape index (κ2) is 3.90.